The van der Waals surface area contributed by atoms with Crippen molar-refractivity contribution in [2.75, 3.05) is 0 Å². The maximum atomic E-state index is 11.1. The number of ketones is 1. The average molecular weight is 286 g/mol. The van der Waals surface area contributed by atoms with Crippen LogP contribution in [0.15, 0.2) is 24.4 Å². The molecule has 88 valence electrons. The SMILES string of the molecule is CC(=O)c1cnc(Cc2ccc(Cl)c(Cl)c2)s1. The fourth-order valence-electron chi connectivity index (χ4n) is 1.38. The minimum atomic E-state index is 0.0443. The standard InChI is InChI=1S/C12H9Cl2NOS/c1-7(16)11-6-15-12(17-11)5-8-2-3-9(13)10(14)4-8/h2-4,6H,5H2,1H3. The number of halogens is 2. The molecule has 0 atom stereocenters. The topological polar surface area (TPSA) is 30.0 Å². The van der Waals surface area contributed by atoms with Crippen LogP contribution in [-0.2, 0) is 6.42 Å². The first-order valence-electron chi connectivity index (χ1n) is 4.96. The second-order valence-electron chi connectivity index (χ2n) is 3.60. The van der Waals surface area contributed by atoms with Gasteiger partial charge in [-0.25, -0.2) is 4.98 Å². The fraction of sp³-hybridized carbons (Fsp3) is 0.167. The van der Waals surface area contributed by atoms with E-state index in [0.29, 0.717) is 21.3 Å². The van der Waals surface area contributed by atoms with Crippen LogP contribution in [0.1, 0.15) is 27.2 Å². The molecule has 0 aliphatic heterocycles. The zero-order valence-electron chi connectivity index (χ0n) is 9.04. The molecule has 2 nitrogen and oxygen atoms in total. The molecule has 0 aliphatic carbocycles. The van der Waals surface area contributed by atoms with Gasteiger partial charge in [-0.05, 0) is 17.7 Å². The van der Waals surface area contributed by atoms with Gasteiger partial charge in [0.1, 0.15) is 0 Å². The molecule has 0 saturated carbocycles. The summed E-state index contributed by atoms with van der Waals surface area (Å²) in [6.07, 6.45) is 2.27. The number of carbonyl (C=O) groups is 1. The molecule has 0 saturated heterocycles. The molecule has 0 unspecified atom stereocenters. The number of aromatic nitrogens is 1. The van der Waals surface area contributed by atoms with Crippen LogP contribution in [0, 0.1) is 0 Å². The molecule has 0 fully saturated rings. The van der Waals surface area contributed by atoms with Crippen LogP contribution in [0.4, 0.5) is 0 Å². The zero-order valence-corrected chi connectivity index (χ0v) is 11.4. The lowest BCUT2D eigenvalue weighted by atomic mass is 10.2. The van der Waals surface area contributed by atoms with Gasteiger partial charge in [0.05, 0.1) is 19.9 Å². The van der Waals surface area contributed by atoms with E-state index in [1.54, 1.807) is 12.3 Å². The minimum absolute atomic E-state index is 0.0443. The molecule has 5 heteroatoms. The first-order chi connectivity index (χ1) is 8.06. The smallest absolute Gasteiger partial charge is 0.171 e. The van der Waals surface area contributed by atoms with Crippen molar-refractivity contribution < 1.29 is 4.79 Å². The van der Waals surface area contributed by atoms with E-state index in [1.165, 1.54) is 18.3 Å². The molecule has 0 radical (unpaired) electrons. The van der Waals surface area contributed by atoms with Crippen LogP contribution in [0.25, 0.3) is 0 Å². The highest BCUT2D eigenvalue weighted by Crippen LogP contribution is 2.25. The number of Topliss-reactive ketones (excluding diaryl/α,β-unsaturated/α-hetero) is 1. The summed E-state index contributed by atoms with van der Waals surface area (Å²) in [5.74, 6) is 0.0443. The third-order valence-corrected chi connectivity index (χ3v) is 4.08. The third kappa shape index (κ3) is 3.06. The van der Waals surface area contributed by atoms with Crippen molar-refractivity contribution in [1.29, 1.82) is 0 Å². The Balaban J connectivity index is 2.19. The lowest BCUT2D eigenvalue weighted by molar-refractivity contribution is 0.102. The Hall–Kier alpha value is -0.900. The summed E-state index contributed by atoms with van der Waals surface area (Å²) in [4.78, 5) is 16.0. The minimum Gasteiger partial charge on any atom is -0.294 e. The summed E-state index contributed by atoms with van der Waals surface area (Å²) in [5.41, 5.74) is 1.03. The summed E-state index contributed by atoms with van der Waals surface area (Å²) in [6, 6.07) is 5.49. The van der Waals surface area contributed by atoms with Gasteiger partial charge in [0, 0.05) is 19.5 Å². The van der Waals surface area contributed by atoms with Crippen LogP contribution in [-0.4, -0.2) is 10.8 Å². The first kappa shape index (κ1) is 12.6. The normalized spacial score (nSPS) is 10.5. The van der Waals surface area contributed by atoms with Crippen LogP contribution >= 0.6 is 34.5 Å². The molecule has 17 heavy (non-hydrogen) atoms. The van der Waals surface area contributed by atoms with Gasteiger partial charge in [-0.15, -0.1) is 11.3 Å². The van der Waals surface area contributed by atoms with Gasteiger partial charge in [-0.3, -0.25) is 4.79 Å². The van der Waals surface area contributed by atoms with Crippen molar-refractivity contribution in [2.24, 2.45) is 0 Å². The van der Waals surface area contributed by atoms with Crippen molar-refractivity contribution in [3.05, 3.63) is 49.9 Å². The third-order valence-electron chi connectivity index (χ3n) is 2.24. The van der Waals surface area contributed by atoms with Crippen molar-refractivity contribution in [1.82, 2.24) is 4.98 Å². The number of benzene rings is 1. The number of rotatable bonds is 3. The van der Waals surface area contributed by atoms with Gasteiger partial charge in [-0.1, -0.05) is 29.3 Å². The van der Waals surface area contributed by atoms with E-state index in [9.17, 15) is 4.79 Å². The number of hydrogen-bond acceptors (Lipinski definition) is 3. The van der Waals surface area contributed by atoms with E-state index in [2.05, 4.69) is 4.98 Å². The van der Waals surface area contributed by atoms with Crippen LogP contribution in [0.2, 0.25) is 10.0 Å². The monoisotopic (exact) mass is 285 g/mol. The van der Waals surface area contributed by atoms with Gasteiger partial charge in [0.25, 0.3) is 0 Å². The van der Waals surface area contributed by atoms with Crippen molar-refractivity contribution in [3.8, 4) is 0 Å². The highest BCUT2D eigenvalue weighted by atomic mass is 35.5. The molecule has 2 rings (SSSR count). The Morgan fingerprint density at radius 3 is 2.71 bits per heavy atom. The zero-order chi connectivity index (χ0) is 12.4. The van der Waals surface area contributed by atoms with E-state index >= 15 is 0 Å². The number of nitrogens with zero attached hydrogens (tertiary/aromatic N) is 1. The van der Waals surface area contributed by atoms with Gasteiger partial charge in [-0.2, -0.15) is 0 Å². The van der Waals surface area contributed by atoms with Crippen molar-refractivity contribution in [3.63, 3.8) is 0 Å². The molecule has 1 heterocycles. The Labute approximate surface area is 113 Å². The van der Waals surface area contributed by atoms with Gasteiger partial charge < -0.3 is 0 Å². The van der Waals surface area contributed by atoms with E-state index in [4.69, 9.17) is 23.2 Å². The highest BCUT2D eigenvalue weighted by molar-refractivity contribution is 7.13. The maximum Gasteiger partial charge on any atom is 0.171 e. The molecule has 0 N–H and O–H groups in total. The largest absolute Gasteiger partial charge is 0.294 e. The predicted molar refractivity (Wildman–Crippen MR) is 71.4 cm³/mol. The van der Waals surface area contributed by atoms with E-state index in [0.717, 1.165) is 10.6 Å². The number of thiazole rings is 1. The van der Waals surface area contributed by atoms with Crippen LogP contribution < -0.4 is 0 Å². The van der Waals surface area contributed by atoms with Gasteiger partial charge in [0.15, 0.2) is 5.78 Å². The molecule has 0 spiro atoms. The highest BCUT2D eigenvalue weighted by Gasteiger charge is 2.07. The predicted octanol–water partition coefficient (Wildman–Crippen LogP) is 4.24. The molecule has 0 aliphatic rings. The molecule has 1 aromatic carbocycles. The van der Waals surface area contributed by atoms with E-state index in [-0.39, 0.29) is 5.78 Å². The summed E-state index contributed by atoms with van der Waals surface area (Å²) >= 11 is 13.2. The Kier molecular flexibility index (Phi) is 3.82. The maximum absolute atomic E-state index is 11.1. The quantitative estimate of drug-likeness (QED) is 0.790. The molecule has 1 aromatic heterocycles. The van der Waals surface area contributed by atoms with Crippen molar-refractivity contribution >= 4 is 40.3 Å². The van der Waals surface area contributed by atoms with Gasteiger partial charge >= 0.3 is 0 Å². The summed E-state index contributed by atoms with van der Waals surface area (Å²) in [6.45, 7) is 1.54. The van der Waals surface area contributed by atoms with Crippen molar-refractivity contribution in [2.45, 2.75) is 13.3 Å². The molecule has 2 aromatic rings. The summed E-state index contributed by atoms with van der Waals surface area (Å²) in [5, 5.41) is 1.97. The molecular formula is C12H9Cl2NOS. The average Bonchev–Trinajstić information content (AvgIpc) is 2.72. The lowest BCUT2D eigenvalue weighted by Gasteiger charge is -2.00. The number of carbonyl (C=O) groups excluding carboxylic acids is 1. The molecule has 0 bridgehead atoms. The summed E-state index contributed by atoms with van der Waals surface area (Å²) in [7, 11) is 0. The second-order valence-corrected chi connectivity index (χ2v) is 5.53. The fourth-order valence-corrected chi connectivity index (χ4v) is 2.55. The van der Waals surface area contributed by atoms with Crippen LogP contribution in [0.3, 0.4) is 0 Å². The lowest BCUT2D eigenvalue weighted by Crippen LogP contribution is -1.86. The Morgan fingerprint density at radius 1 is 1.35 bits per heavy atom. The Morgan fingerprint density at radius 2 is 2.12 bits per heavy atom. The second kappa shape index (κ2) is 5.17. The number of hydrogen-bond donors (Lipinski definition) is 0. The summed E-state index contributed by atoms with van der Waals surface area (Å²) < 4.78 is 0. The first-order valence-corrected chi connectivity index (χ1v) is 6.53. The van der Waals surface area contributed by atoms with E-state index in [1.807, 2.05) is 12.1 Å². The Bertz CT molecular complexity index is 565. The van der Waals surface area contributed by atoms with E-state index < -0.39 is 0 Å². The van der Waals surface area contributed by atoms with Crippen LogP contribution in [0.5, 0.6) is 0 Å². The molecule has 0 amide bonds. The molecular weight excluding hydrogens is 277 g/mol. The van der Waals surface area contributed by atoms with Gasteiger partial charge in [0.2, 0.25) is 0 Å².